The first kappa shape index (κ1) is 13.9. The maximum atomic E-state index is 6.22. The van der Waals surface area contributed by atoms with Gasteiger partial charge in [0.1, 0.15) is 0 Å². The summed E-state index contributed by atoms with van der Waals surface area (Å²) < 4.78 is 5.69. The normalized spacial score (nSPS) is 23.5. The lowest BCUT2D eigenvalue weighted by Gasteiger charge is -2.17. The quantitative estimate of drug-likeness (QED) is 0.881. The fraction of sp³-hybridized carbons (Fsp3) is 0.600. The maximum absolute atomic E-state index is 6.22. The van der Waals surface area contributed by atoms with Crippen LogP contribution in [-0.2, 0) is 11.3 Å². The lowest BCUT2D eigenvalue weighted by atomic mass is 9.99. The summed E-state index contributed by atoms with van der Waals surface area (Å²) in [6.45, 7) is 7.02. The average molecular weight is 268 g/mol. The molecule has 2 nitrogen and oxygen atoms in total. The summed E-state index contributed by atoms with van der Waals surface area (Å²) in [6, 6.07) is 6.23. The van der Waals surface area contributed by atoms with Crippen LogP contribution in [-0.4, -0.2) is 19.3 Å². The molecule has 1 saturated heterocycles. The first-order valence-corrected chi connectivity index (χ1v) is 7.16. The van der Waals surface area contributed by atoms with Crippen molar-refractivity contribution in [2.24, 2.45) is 5.92 Å². The van der Waals surface area contributed by atoms with Crippen LogP contribution in [0.5, 0.6) is 0 Å². The molecule has 0 bridgehead atoms. The molecule has 0 spiro atoms. The zero-order chi connectivity index (χ0) is 13.0. The molecule has 1 aromatic carbocycles. The Hall–Kier alpha value is -0.570. The molecule has 0 aliphatic carbocycles. The van der Waals surface area contributed by atoms with E-state index in [1.54, 1.807) is 0 Å². The van der Waals surface area contributed by atoms with E-state index in [1.807, 2.05) is 6.07 Å². The minimum atomic E-state index is 0.436. The molecule has 1 heterocycles. The first-order valence-electron chi connectivity index (χ1n) is 6.78. The second-order valence-electron chi connectivity index (χ2n) is 5.09. The van der Waals surface area contributed by atoms with E-state index in [0.29, 0.717) is 12.0 Å². The standard InChI is InChI=1S/C15H22ClNO/c1-3-15-13(6-7-18-15)10-17-9-12-5-4-11(2)8-14(12)16/h4-5,8,13,15,17H,3,6-7,9-10H2,1-2H3. The van der Waals surface area contributed by atoms with Gasteiger partial charge in [0.2, 0.25) is 0 Å². The van der Waals surface area contributed by atoms with Crippen LogP contribution in [0.4, 0.5) is 0 Å². The zero-order valence-corrected chi connectivity index (χ0v) is 12.0. The van der Waals surface area contributed by atoms with Gasteiger partial charge in [-0.2, -0.15) is 0 Å². The molecule has 2 unspecified atom stereocenters. The van der Waals surface area contributed by atoms with Crippen molar-refractivity contribution in [3.05, 3.63) is 34.3 Å². The SMILES string of the molecule is CCC1OCCC1CNCc1ccc(C)cc1Cl. The highest BCUT2D eigenvalue weighted by molar-refractivity contribution is 6.31. The number of nitrogens with one attached hydrogen (secondary N) is 1. The van der Waals surface area contributed by atoms with Crippen LogP contribution in [0.25, 0.3) is 0 Å². The first-order chi connectivity index (χ1) is 8.70. The second kappa shape index (κ2) is 6.55. The Kier molecular flexibility index (Phi) is 5.04. The van der Waals surface area contributed by atoms with Crippen LogP contribution < -0.4 is 5.32 Å². The summed E-state index contributed by atoms with van der Waals surface area (Å²) in [7, 11) is 0. The lowest BCUT2D eigenvalue weighted by molar-refractivity contribution is 0.0872. The highest BCUT2D eigenvalue weighted by Gasteiger charge is 2.25. The monoisotopic (exact) mass is 267 g/mol. The number of hydrogen-bond acceptors (Lipinski definition) is 2. The molecule has 3 heteroatoms. The van der Waals surface area contributed by atoms with Gasteiger partial charge in [-0.05, 0) is 42.9 Å². The Morgan fingerprint density at radius 3 is 3.00 bits per heavy atom. The molecule has 0 saturated carbocycles. The van der Waals surface area contributed by atoms with E-state index in [9.17, 15) is 0 Å². The maximum Gasteiger partial charge on any atom is 0.0613 e. The van der Waals surface area contributed by atoms with Crippen molar-refractivity contribution < 1.29 is 4.74 Å². The molecule has 0 amide bonds. The van der Waals surface area contributed by atoms with E-state index in [2.05, 4.69) is 31.3 Å². The molecule has 2 atom stereocenters. The van der Waals surface area contributed by atoms with Gasteiger partial charge in [-0.15, -0.1) is 0 Å². The molecular formula is C15H22ClNO. The Morgan fingerprint density at radius 2 is 2.28 bits per heavy atom. The Bertz CT molecular complexity index is 394. The average Bonchev–Trinajstić information content (AvgIpc) is 2.79. The number of hydrogen-bond donors (Lipinski definition) is 1. The van der Waals surface area contributed by atoms with Crippen molar-refractivity contribution in [3.8, 4) is 0 Å². The molecule has 0 radical (unpaired) electrons. The van der Waals surface area contributed by atoms with E-state index < -0.39 is 0 Å². The fourth-order valence-corrected chi connectivity index (χ4v) is 2.87. The zero-order valence-electron chi connectivity index (χ0n) is 11.2. The third-order valence-electron chi connectivity index (χ3n) is 3.68. The van der Waals surface area contributed by atoms with Crippen molar-refractivity contribution in [2.75, 3.05) is 13.2 Å². The molecule has 1 aliphatic heterocycles. The van der Waals surface area contributed by atoms with Gasteiger partial charge in [-0.1, -0.05) is 30.7 Å². The van der Waals surface area contributed by atoms with Gasteiger partial charge < -0.3 is 10.1 Å². The predicted molar refractivity (Wildman–Crippen MR) is 76.0 cm³/mol. The van der Waals surface area contributed by atoms with Crippen LogP contribution in [0.2, 0.25) is 5.02 Å². The third-order valence-corrected chi connectivity index (χ3v) is 4.03. The lowest BCUT2D eigenvalue weighted by Crippen LogP contribution is -2.28. The van der Waals surface area contributed by atoms with Crippen molar-refractivity contribution >= 4 is 11.6 Å². The van der Waals surface area contributed by atoms with Crippen LogP contribution >= 0.6 is 11.6 Å². The summed E-state index contributed by atoms with van der Waals surface area (Å²) in [5, 5.41) is 4.36. The molecule has 1 aliphatic rings. The highest BCUT2D eigenvalue weighted by Crippen LogP contribution is 2.23. The van der Waals surface area contributed by atoms with Crippen molar-refractivity contribution in [1.82, 2.24) is 5.32 Å². The van der Waals surface area contributed by atoms with E-state index in [-0.39, 0.29) is 0 Å². The fourth-order valence-electron chi connectivity index (χ4n) is 2.57. The van der Waals surface area contributed by atoms with Crippen molar-refractivity contribution in [1.29, 1.82) is 0 Å². The van der Waals surface area contributed by atoms with Crippen LogP contribution in [0, 0.1) is 12.8 Å². The summed E-state index contributed by atoms with van der Waals surface area (Å²) >= 11 is 6.22. The van der Waals surface area contributed by atoms with E-state index in [0.717, 1.165) is 31.1 Å². The van der Waals surface area contributed by atoms with Gasteiger partial charge in [0.15, 0.2) is 0 Å². The molecule has 1 N–H and O–H groups in total. The minimum Gasteiger partial charge on any atom is -0.378 e. The molecule has 18 heavy (non-hydrogen) atoms. The highest BCUT2D eigenvalue weighted by atomic mass is 35.5. The largest absolute Gasteiger partial charge is 0.378 e. The molecule has 2 rings (SSSR count). The number of halogens is 1. The number of rotatable bonds is 5. The van der Waals surface area contributed by atoms with Crippen LogP contribution in [0.1, 0.15) is 30.9 Å². The van der Waals surface area contributed by atoms with Gasteiger partial charge in [-0.25, -0.2) is 0 Å². The minimum absolute atomic E-state index is 0.436. The summed E-state index contributed by atoms with van der Waals surface area (Å²) in [5.41, 5.74) is 2.38. The Labute approximate surface area is 115 Å². The van der Waals surface area contributed by atoms with Gasteiger partial charge in [0.25, 0.3) is 0 Å². The summed E-state index contributed by atoms with van der Waals surface area (Å²) in [4.78, 5) is 0. The van der Waals surface area contributed by atoms with Crippen molar-refractivity contribution in [3.63, 3.8) is 0 Å². The summed E-state index contributed by atoms with van der Waals surface area (Å²) in [5.74, 6) is 0.652. The van der Waals surface area contributed by atoms with Crippen LogP contribution in [0.3, 0.4) is 0 Å². The van der Waals surface area contributed by atoms with Gasteiger partial charge in [0, 0.05) is 24.7 Å². The Balaban J connectivity index is 1.81. The Morgan fingerprint density at radius 1 is 1.44 bits per heavy atom. The predicted octanol–water partition coefficient (Wildman–Crippen LogP) is 3.55. The summed E-state index contributed by atoms with van der Waals surface area (Å²) in [6.07, 6.45) is 2.72. The van der Waals surface area contributed by atoms with E-state index in [1.165, 1.54) is 17.5 Å². The number of ether oxygens (including phenoxy) is 1. The molecular weight excluding hydrogens is 246 g/mol. The van der Waals surface area contributed by atoms with Gasteiger partial charge >= 0.3 is 0 Å². The molecule has 100 valence electrons. The number of benzene rings is 1. The smallest absolute Gasteiger partial charge is 0.0613 e. The van der Waals surface area contributed by atoms with E-state index in [4.69, 9.17) is 16.3 Å². The second-order valence-corrected chi connectivity index (χ2v) is 5.50. The van der Waals surface area contributed by atoms with Crippen LogP contribution in [0.15, 0.2) is 18.2 Å². The van der Waals surface area contributed by atoms with Gasteiger partial charge in [0.05, 0.1) is 6.10 Å². The van der Waals surface area contributed by atoms with Crippen molar-refractivity contribution in [2.45, 2.75) is 39.3 Å². The molecule has 1 fully saturated rings. The molecule has 0 aromatic heterocycles. The topological polar surface area (TPSA) is 21.3 Å². The number of aryl methyl sites for hydroxylation is 1. The third kappa shape index (κ3) is 3.47. The molecule has 1 aromatic rings. The van der Waals surface area contributed by atoms with E-state index >= 15 is 0 Å². The van der Waals surface area contributed by atoms with Gasteiger partial charge in [-0.3, -0.25) is 0 Å².